The monoisotopic (exact) mass is 246 g/mol. The first-order valence-corrected chi connectivity index (χ1v) is 7.70. The van der Waals surface area contributed by atoms with Gasteiger partial charge in [0.2, 0.25) is 0 Å². The summed E-state index contributed by atoms with van der Waals surface area (Å²) in [6.45, 7) is 13.0. The lowest BCUT2D eigenvalue weighted by molar-refractivity contribution is 0.220. The van der Waals surface area contributed by atoms with E-state index in [9.17, 15) is 9.90 Å². The molecular weight excluding hydrogens is 219 g/mol. The van der Waals surface area contributed by atoms with Gasteiger partial charge in [-0.15, -0.1) is 0 Å². The summed E-state index contributed by atoms with van der Waals surface area (Å²) in [6, 6.07) is 0. The number of carbonyl (C=O) groups is 1. The molecule has 0 radical (unpaired) electrons. The highest BCUT2D eigenvalue weighted by molar-refractivity contribution is 7.74. The molecule has 1 N–H and O–H groups in total. The number of hydrogen-bond donors (Lipinski definition) is 1. The summed E-state index contributed by atoms with van der Waals surface area (Å²) in [4.78, 5) is 11.2. The van der Waals surface area contributed by atoms with E-state index in [0.717, 1.165) is 25.2 Å². The zero-order chi connectivity index (χ0) is 13.0. The highest BCUT2D eigenvalue weighted by atomic mass is 31.1. The first kappa shape index (κ1) is 15.9. The van der Waals surface area contributed by atoms with Gasteiger partial charge >= 0.3 is 5.71 Å². The molecule has 16 heavy (non-hydrogen) atoms. The molecule has 0 saturated heterocycles. The van der Waals surface area contributed by atoms with Gasteiger partial charge in [-0.3, -0.25) is 0 Å². The van der Waals surface area contributed by atoms with Crippen LogP contribution in [0.3, 0.4) is 0 Å². The minimum atomic E-state index is -0.832. The lowest BCUT2D eigenvalue weighted by atomic mass is 9.93. The van der Waals surface area contributed by atoms with Gasteiger partial charge in [-0.1, -0.05) is 41.5 Å². The Morgan fingerprint density at radius 1 is 0.938 bits per heavy atom. The summed E-state index contributed by atoms with van der Waals surface area (Å²) in [7, 11) is -0.832. The van der Waals surface area contributed by atoms with E-state index in [1.807, 2.05) is 0 Å². The smallest absolute Gasteiger partial charge is 0.323 e. The van der Waals surface area contributed by atoms with Gasteiger partial charge in [0.25, 0.3) is 0 Å². The Labute approximate surface area is 102 Å². The highest BCUT2D eigenvalue weighted by Crippen LogP contribution is 2.42. The van der Waals surface area contributed by atoms with Crippen molar-refractivity contribution in [3.05, 3.63) is 0 Å². The SMILES string of the molecule is CC(C)(C)CCP(CCC(C)(C)C)C(=O)O. The predicted octanol–water partition coefficient (Wildman–Crippen LogP) is 5.02. The topological polar surface area (TPSA) is 37.3 Å². The molecule has 0 aliphatic carbocycles. The molecule has 0 aromatic carbocycles. The summed E-state index contributed by atoms with van der Waals surface area (Å²) in [5.74, 6) is 0. The van der Waals surface area contributed by atoms with Gasteiger partial charge < -0.3 is 5.11 Å². The van der Waals surface area contributed by atoms with E-state index in [1.54, 1.807) is 0 Å². The average molecular weight is 246 g/mol. The fraction of sp³-hybridized carbons (Fsp3) is 0.923. The fourth-order valence-electron chi connectivity index (χ4n) is 1.24. The van der Waals surface area contributed by atoms with E-state index in [1.165, 1.54) is 0 Å². The molecule has 0 aliphatic rings. The van der Waals surface area contributed by atoms with Crippen molar-refractivity contribution >= 4 is 13.6 Å². The van der Waals surface area contributed by atoms with Gasteiger partial charge in [-0.2, -0.15) is 0 Å². The van der Waals surface area contributed by atoms with Crippen molar-refractivity contribution < 1.29 is 9.90 Å². The number of hydrogen-bond acceptors (Lipinski definition) is 1. The molecule has 0 unspecified atom stereocenters. The molecule has 2 nitrogen and oxygen atoms in total. The number of carboxylic acid groups (broad SMARTS) is 1. The van der Waals surface area contributed by atoms with Crippen molar-refractivity contribution in [3.8, 4) is 0 Å². The van der Waals surface area contributed by atoms with Gasteiger partial charge in [0.15, 0.2) is 0 Å². The van der Waals surface area contributed by atoms with Crippen LogP contribution < -0.4 is 0 Å². The molecule has 0 fully saturated rings. The van der Waals surface area contributed by atoms with Gasteiger partial charge in [-0.25, -0.2) is 4.79 Å². The van der Waals surface area contributed by atoms with Gasteiger partial charge in [-0.05, 0) is 36.0 Å². The molecule has 0 atom stereocenters. The van der Waals surface area contributed by atoms with Crippen LogP contribution in [-0.4, -0.2) is 23.1 Å². The van der Waals surface area contributed by atoms with E-state index in [0.29, 0.717) is 0 Å². The Morgan fingerprint density at radius 2 is 1.25 bits per heavy atom. The first-order chi connectivity index (χ1) is 7.01. The molecule has 0 rings (SSSR count). The second-order valence-corrected chi connectivity index (χ2v) is 9.25. The minimum Gasteiger partial charge on any atom is -0.478 e. The third-order valence-corrected chi connectivity index (χ3v) is 4.60. The zero-order valence-corrected chi connectivity index (χ0v) is 12.5. The predicted molar refractivity (Wildman–Crippen MR) is 72.8 cm³/mol. The molecule has 96 valence electrons. The molecule has 0 spiro atoms. The number of rotatable bonds is 5. The summed E-state index contributed by atoms with van der Waals surface area (Å²) < 4.78 is 0. The van der Waals surface area contributed by atoms with E-state index >= 15 is 0 Å². The standard InChI is InChI=1S/C13H27O2P/c1-12(2,3)7-9-16(11(14)15)10-8-13(4,5)6/h7-10H2,1-6H3,(H,14,15). The van der Waals surface area contributed by atoms with Crippen molar-refractivity contribution in [2.75, 3.05) is 12.3 Å². The zero-order valence-electron chi connectivity index (χ0n) is 11.6. The van der Waals surface area contributed by atoms with Crippen LogP contribution in [0.4, 0.5) is 4.79 Å². The van der Waals surface area contributed by atoms with Gasteiger partial charge in [0, 0.05) is 7.92 Å². The fourth-order valence-corrected chi connectivity index (χ4v) is 3.73. The summed E-state index contributed by atoms with van der Waals surface area (Å²) in [5, 5.41) is 9.20. The Hall–Kier alpha value is -0.100. The van der Waals surface area contributed by atoms with Gasteiger partial charge in [0.1, 0.15) is 0 Å². The van der Waals surface area contributed by atoms with Gasteiger partial charge in [0.05, 0.1) is 0 Å². The average Bonchev–Trinajstić information content (AvgIpc) is 1.98. The van der Waals surface area contributed by atoms with E-state index in [4.69, 9.17) is 0 Å². The second-order valence-electron chi connectivity index (χ2n) is 6.89. The van der Waals surface area contributed by atoms with E-state index < -0.39 is 13.6 Å². The molecule has 3 heteroatoms. The van der Waals surface area contributed by atoms with Crippen LogP contribution >= 0.6 is 7.92 Å². The van der Waals surface area contributed by atoms with Crippen LogP contribution in [0.5, 0.6) is 0 Å². The Balaban J connectivity index is 4.15. The third-order valence-electron chi connectivity index (χ3n) is 2.53. The summed E-state index contributed by atoms with van der Waals surface area (Å²) in [5.41, 5.74) is -0.0706. The quantitative estimate of drug-likeness (QED) is 0.691. The molecule has 0 aromatic heterocycles. The first-order valence-electron chi connectivity index (χ1n) is 5.99. The van der Waals surface area contributed by atoms with Crippen molar-refractivity contribution in [2.24, 2.45) is 10.8 Å². The molecule has 0 heterocycles. The summed E-state index contributed by atoms with van der Waals surface area (Å²) >= 11 is 0. The molecular formula is C13H27O2P. The molecule has 0 aromatic rings. The second kappa shape index (κ2) is 6.00. The van der Waals surface area contributed by atoms with Crippen molar-refractivity contribution in [1.82, 2.24) is 0 Å². The van der Waals surface area contributed by atoms with Crippen LogP contribution in [0.2, 0.25) is 0 Å². The normalized spacial score (nSPS) is 13.2. The van der Waals surface area contributed by atoms with Crippen LogP contribution in [0.15, 0.2) is 0 Å². The molecule has 0 amide bonds. The maximum atomic E-state index is 11.2. The molecule has 0 aliphatic heterocycles. The van der Waals surface area contributed by atoms with Crippen LogP contribution in [0.1, 0.15) is 54.4 Å². The third kappa shape index (κ3) is 9.15. The largest absolute Gasteiger partial charge is 0.478 e. The maximum Gasteiger partial charge on any atom is 0.323 e. The van der Waals surface area contributed by atoms with Crippen molar-refractivity contribution in [3.63, 3.8) is 0 Å². The Kier molecular flexibility index (Phi) is 5.96. The lowest BCUT2D eigenvalue weighted by Crippen LogP contribution is -2.13. The molecule has 0 bridgehead atoms. The Bertz CT molecular complexity index is 205. The van der Waals surface area contributed by atoms with E-state index in [2.05, 4.69) is 41.5 Å². The van der Waals surface area contributed by atoms with Crippen LogP contribution in [0, 0.1) is 10.8 Å². The molecule has 0 saturated carbocycles. The minimum absolute atomic E-state index is 0.248. The van der Waals surface area contributed by atoms with E-state index in [-0.39, 0.29) is 10.8 Å². The van der Waals surface area contributed by atoms with Crippen LogP contribution in [0.25, 0.3) is 0 Å². The van der Waals surface area contributed by atoms with Crippen molar-refractivity contribution in [2.45, 2.75) is 54.4 Å². The summed E-state index contributed by atoms with van der Waals surface area (Å²) in [6.07, 6.45) is 3.75. The van der Waals surface area contributed by atoms with Crippen LogP contribution in [-0.2, 0) is 0 Å². The van der Waals surface area contributed by atoms with Crippen molar-refractivity contribution in [1.29, 1.82) is 0 Å². The lowest BCUT2D eigenvalue weighted by Gasteiger charge is -2.24. The Morgan fingerprint density at radius 3 is 1.44 bits per heavy atom. The highest BCUT2D eigenvalue weighted by Gasteiger charge is 2.22. The maximum absolute atomic E-state index is 11.2.